The Morgan fingerprint density at radius 1 is 1.07 bits per heavy atom. The molecule has 0 aliphatic carbocycles. The van der Waals surface area contributed by atoms with Gasteiger partial charge in [-0.05, 0) is 41.7 Å². The fourth-order valence-electron chi connectivity index (χ4n) is 5.27. The molecule has 1 aromatic heterocycles. The van der Waals surface area contributed by atoms with Crippen LogP contribution in [0.25, 0.3) is 10.8 Å². The van der Waals surface area contributed by atoms with Crippen molar-refractivity contribution in [2.45, 2.75) is 90.5 Å². The van der Waals surface area contributed by atoms with Crippen molar-refractivity contribution in [1.82, 2.24) is 13.8 Å². The summed E-state index contributed by atoms with van der Waals surface area (Å²) in [7, 11) is -6.31. The molecule has 0 saturated carbocycles. The maximum Gasteiger partial charge on any atom is 0.407 e. The van der Waals surface area contributed by atoms with Gasteiger partial charge < -0.3 is 19.2 Å². The molecule has 1 saturated heterocycles. The highest BCUT2D eigenvalue weighted by Gasteiger charge is 2.54. The van der Waals surface area contributed by atoms with Gasteiger partial charge in [-0.3, -0.25) is 9.69 Å². The van der Waals surface area contributed by atoms with Gasteiger partial charge in [0.1, 0.15) is 4.90 Å². The number of amides is 1. The lowest BCUT2D eigenvalue weighted by Gasteiger charge is -2.54. The van der Waals surface area contributed by atoms with E-state index in [-0.39, 0.29) is 52.4 Å². The summed E-state index contributed by atoms with van der Waals surface area (Å²) in [5.74, 6) is 0. The Morgan fingerprint density at radius 2 is 1.67 bits per heavy atom. The van der Waals surface area contributed by atoms with E-state index in [1.54, 1.807) is 39.0 Å². The number of pyridine rings is 1. The lowest BCUT2D eigenvalue weighted by atomic mass is 9.72. The third-order valence-corrected chi connectivity index (χ3v) is 16.1. The Kier molecular flexibility index (Phi) is 9.85. The van der Waals surface area contributed by atoms with E-state index >= 15 is 0 Å². The SMILES string of the molecule is CC(C)(CO[Si](C)(C)C(C)(C)C)Cn1cc(S(=O)(=O)N2CCN(C(=O)O)[C@](CO)(C(C)(C)C)C2)c2cc(Br)ccc2c1=O. The van der Waals surface area contributed by atoms with Gasteiger partial charge in [0.15, 0.2) is 8.32 Å². The van der Waals surface area contributed by atoms with E-state index in [4.69, 9.17) is 4.43 Å². The number of aliphatic hydroxyl groups excluding tert-OH is 1. The van der Waals surface area contributed by atoms with Crippen LogP contribution in [0.3, 0.4) is 0 Å². The molecule has 1 fully saturated rings. The second-order valence-corrected chi connectivity index (χ2v) is 22.7. The zero-order valence-corrected chi connectivity index (χ0v) is 30.5. The fourth-order valence-corrected chi connectivity index (χ4v) is 8.51. The number of halogens is 1. The third-order valence-electron chi connectivity index (χ3n) is 9.27. The van der Waals surface area contributed by atoms with E-state index in [1.165, 1.54) is 15.1 Å². The predicted molar refractivity (Wildman–Crippen MR) is 176 cm³/mol. The zero-order chi connectivity index (χ0) is 33.0. The molecule has 2 heterocycles. The van der Waals surface area contributed by atoms with Gasteiger partial charge in [-0.15, -0.1) is 0 Å². The number of benzene rings is 1. The van der Waals surface area contributed by atoms with Crippen molar-refractivity contribution in [1.29, 1.82) is 0 Å². The first kappa shape index (κ1) is 35.7. The minimum Gasteiger partial charge on any atom is -0.465 e. The quantitative estimate of drug-likeness (QED) is 0.344. The molecule has 13 heteroatoms. The van der Waals surface area contributed by atoms with Crippen molar-refractivity contribution in [3.8, 4) is 0 Å². The van der Waals surface area contributed by atoms with Crippen LogP contribution in [0.15, 0.2) is 38.6 Å². The Hall–Kier alpha value is -1.77. The van der Waals surface area contributed by atoms with Crippen LogP contribution >= 0.6 is 15.9 Å². The van der Waals surface area contributed by atoms with Crippen LogP contribution in [0, 0.1) is 10.8 Å². The topological polar surface area (TPSA) is 129 Å². The minimum atomic E-state index is -4.25. The molecule has 0 bridgehead atoms. The number of hydrogen-bond donors (Lipinski definition) is 2. The van der Waals surface area contributed by atoms with Gasteiger partial charge in [0.25, 0.3) is 5.56 Å². The van der Waals surface area contributed by atoms with Crippen LogP contribution in [0.5, 0.6) is 0 Å². The molecule has 43 heavy (non-hydrogen) atoms. The number of aromatic nitrogens is 1. The molecule has 242 valence electrons. The molecule has 2 N–H and O–H groups in total. The predicted octanol–water partition coefficient (Wildman–Crippen LogP) is 5.57. The average Bonchev–Trinajstić information content (AvgIpc) is 2.87. The summed E-state index contributed by atoms with van der Waals surface area (Å²) in [6.45, 7) is 19.8. The number of rotatable bonds is 8. The molecule has 1 amide bonds. The lowest BCUT2D eigenvalue weighted by molar-refractivity contribution is -0.0670. The summed E-state index contributed by atoms with van der Waals surface area (Å²) < 4.78 is 38.7. The Bertz CT molecular complexity index is 1540. The van der Waals surface area contributed by atoms with Crippen molar-refractivity contribution in [3.63, 3.8) is 0 Å². The van der Waals surface area contributed by atoms with E-state index in [9.17, 15) is 28.2 Å². The zero-order valence-electron chi connectivity index (χ0n) is 27.1. The summed E-state index contributed by atoms with van der Waals surface area (Å²) in [5.41, 5.74) is -2.96. The van der Waals surface area contributed by atoms with E-state index in [2.05, 4.69) is 49.8 Å². The summed E-state index contributed by atoms with van der Waals surface area (Å²) >= 11 is 3.42. The maximum absolute atomic E-state index is 14.4. The van der Waals surface area contributed by atoms with Crippen molar-refractivity contribution in [2.24, 2.45) is 10.8 Å². The van der Waals surface area contributed by atoms with E-state index in [1.807, 2.05) is 13.8 Å². The number of carbonyl (C=O) groups is 1. The molecule has 1 aromatic carbocycles. The number of hydrogen-bond acceptors (Lipinski definition) is 6. The maximum atomic E-state index is 14.4. The number of nitrogens with zero attached hydrogens (tertiary/aromatic N) is 3. The van der Waals surface area contributed by atoms with Crippen LogP contribution < -0.4 is 5.56 Å². The molecule has 3 rings (SSSR count). The average molecular weight is 703 g/mol. The Balaban J connectivity index is 2.14. The number of sulfonamides is 1. The molecule has 0 radical (unpaired) electrons. The fraction of sp³-hybridized carbons (Fsp3) is 0.667. The lowest BCUT2D eigenvalue weighted by Crippen LogP contribution is -2.71. The first-order chi connectivity index (χ1) is 19.4. The van der Waals surface area contributed by atoms with Gasteiger partial charge in [-0.1, -0.05) is 71.3 Å². The molecule has 10 nitrogen and oxygen atoms in total. The van der Waals surface area contributed by atoms with Crippen LogP contribution in [0.4, 0.5) is 4.79 Å². The molecule has 0 unspecified atom stereocenters. The van der Waals surface area contributed by atoms with Crippen molar-refractivity contribution < 1.29 is 27.9 Å². The molecular formula is C30H48BrN3O7SSi. The van der Waals surface area contributed by atoms with Gasteiger partial charge in [-0.25, -0.2) is 13.2 Å². The smallest absolute Gasteiger partial charge is 0.407 e. The third kappa shape index (κ3) is 6.91. The van der Waals surface area contributed by atoms with Crippen molar-refractivity contribution >= 4 is 51.1 Å². The van der Waals surface area contributed by atoms with Gasteiger partial charge in [0, 0.05) is 59.6 Å². The molecule has 1 atom stereocenters. The summed E-state index contributed by atoms with van der Waals surface area (Å²) in [6, 6.07) is 4.94. The van der Waals surface area contributed by atoms with Gasteiger partial charge in [0.2, 0.25) is 10.0 Å². The number of aliphatic hydroxyl groups is 1. The minimum absolute atomic E-state index is 0.0129. The summed E-state index contributed by atoms with van der Waals surface area (Å²) in [5, 5.41) is 21.0. The van der Waals surface area contributed by atoms with Gasteiger partial charge in [0.05, 0.1) is 12.1 Å². The second-order valence-electron chi connectivity index (χ2n) is 15.0. The molecule has 2 aromatic rings. The highest BCUT2D eigenvalue weighted by molar-refractivity contribution is 9.10. The Morgan fingerprint density at radius 3 is 2.19 bits per heavy atom. The highest BCUT2D eigenvalue weighted by atomic mass is 79.9. The van der Waals surface area contributed by atoms with Crippen LogP contribution in [-0.4, -0.2) is 85.2 Å². The largest absolute Gasteiger partial charge is 0.465 e. The van der Waals surface area contributed by atoms with Gasteiger partial charge in [-0.2, -0.15) is 4.31 Å². The Labute approximate surface area is 265 Å². The monoisotopic (exact) mass is 701 g/mol. The number of carboxylic acid groups (broad SMARTS) is 1. The first-order valence-corrected chi connectivity index (χ1v) is 19.6. The highest BCUT2D eigenvalue weighted by Crippen LogP contribution is 2.41. The summed E-state index contributed by atoms with van der Waals surface area (Å²) in [4.78, 5) is 27.0. The second kappa shape index (κ2) is 11.9. The van der Waals surface area contributed by atoms with E-state index < -0.39 is 47.4 Å². The normalized spacial score (nSPS) is 19.7. The van der Waals surface area contributed by atoms with Crippen molar-refractivity contribution in [3.05, 3.63) is 39.2 Å². The molecular weight excluding hydrogens is 654 g/mol. The van der Waals surface area contributed by atoms with E-state index in [0.29, 0.717) is 11.1 Å². The summed E-state index contributed by atoms with van der Waals surface area (Å²) in [6.07, 6.45) is 0.188. The first-order valence-electron chi connectivity index (χ1n) is 14.5. The number of piperazine rings is 1. The van der Waals surface area contributed by atoms with E-state index in [0.717, 1.165) is 4.90 Å². The van der Waals surface area contributed by atoms with Crippen molar-refractivity contribution in [2.75, 3.05) is 32.8 Å². The molecule has 0 spiro atoms. The standard InChI is InChI=1S/C30H48BrN3O7SSi/c1-27(2,3)30(19-35)18-33(13-14-34(30)26(37)38)42(39,40)24-16-32(25(36)22-12-11-21(31)15-23(22)24)17-29(7,8)20-41-43(9,10)28(4,5)6/h11-12,15-16,35H,13-14,17-20H2,1-10H3,(H,37,38)/t30-/m1/s1. The number of fused-ring (bicyclic) bond motifs is 1. The molecule has 1 aliphatic rings. The van der Waals surface area contributed by atoms with Crippen LogP contribution in [0.1, 0.15) is 55.4 Å². The molecule has 1 aliphatic heterocycles. The van der Waals surface area contributed by atoms with Gasteiger partial charge >= 0.3 is 6.09 Å². The van der Waals surface area contributed by atoms with Crippen LogP contribution in [-0.2, 0) is 21.0 Å². The van der Waals surface area contributed by atoms with Crippen LogP contribution in [0.2, 0.25) is 18.1 Å².